The smallest absolute Gasteiger partial charge is 0.317 e. The minimum Gasteiger partial charge on any atom is -0.462 e. The van der Waals surface area contributed by atoms with Crippen molar-refractivity contribution in [2.45, 2.75) is 58.2 Å². The van der Waals surface area contributed by atoms with E-state index >= 15 is 0 Å². The van der Waals surface area contributed by atoms with Crippen LogP contribution in [0, 0.1) is 0 Å². The lowest BCUT2D eigenvalue weighted by molar-refractivity contribution is -0.138. The summed E-state index contributed by atoms with van der Waals surface area (Å²) >= 11 is 0. The monoisotopic (exact) mass is 285 g/mol. The molecule has 2 aliphatic rings. The Bertz CT molecular complexity index is 324. The summed E-state index contributed by atoms with van der Waals surface area (Å²) in [6.07, 6.45) is 2.32. The van der Waals surface area contributed by atoms with Crippen molar-refractivity contribution in [3.8, 4) is 0 Å². The molecule has 0 radical (unpaired) electrons. The molecule has 1 aliphatic carbocycles. The minimum absolute atomic E-state index is 0.122. The molecule has 1 unspecified atom stereocenters. The van der Waals surface area contributed by atoms with Gasteiger partial charge in [-0.05, 0) is 40.5 Å². The van der Waals surface area contributed by atoms with E-state index in [0.29, 0.717) is 18.6 Å². The van der Waals surface area contributed by atoms with Crippen LogP contribution in [0.3, 0.4) is 0 Å². The summed E-state index contributed by atoms with van der Waals surface area (Å²) in [6, 6.07) is 0.915. The Morgan fingerprint density at radius 2 is 2.05 bits per heavy atom. The lowest BCUT2D eigenvalue weighted by Crippen LogP contribution is -2.55. The lowest BCUT2D eigenvalue weighted by Gasteiger charge is -2.33. The molecule has 1 atom stereocenters. The van der Waals surface area contributed by atoms with Crippen LogP contribution in [0.2, 0.25) is 0 Å². The van der Waals surface area contributed by atoms with Gasteiger partial charge < -0.3 is 20.3 Å². The van der Waals surface area contributed by atoms with Gasteiger partial charge >= 0.3 is 6.03 Å². The van der Waals surface area contributed by atoms with Gasteiger partial charge in [-0.1, -0.05) is 0 Å². The number of hydrogen-bond acceptors (Lipinski definition) is 4. The lowest BCUT2D eigenvalue weighted by atomic mass is 10.2. The number of urea groups is 1. The van der Waals surface area contributed by atoms with E-state index < -0.39 is 0 Å². The van der Waals surface area contributed by atoms with Crippen LogP contribution in [0.25, 0.3) is 0 Å². The molecule has 2 amide bonds. The van der Waals surface area contributed by atoms with Crippen LogP contribution >= 0.6 is 0 Å². The van der Waals surface area contributed by atoms with E-state index in [-0.39, 0.29) is 11.6 Å². The van der Waals surface area contributed by atoms with Gasteiger partial charge in [-0.3, -0.25) is 4.79 Å². The number of nitrogens with one attached hydrogen (secondary N) is 2. The molecule has 6 heteroatoms. The van der Waals surface area contributed by atoms with Crippen molar-refractivity contribution in [1.82, 2.24) is 15.5 Å². The van der Waals surface area contributed by atoms with Gasteiger partial charge in [-0.2, -0.15) is 0 Å². The molecule has 1 saturated carbocycles. The second-order valence-corrected chi connectivity index (χ2v) is 6.30. The number of carbonyl (C=O) groups excluding carboxylic acids is 2. The average molecular weight is 285 g/mol. The van der Waals surface area contributed by atoms with Crippen molar-refractivity contribution in [2.75, 3.05) is 19.6 Å². The third kappa shape index (κ3) is 6.75. The number of carbonyl (C=O) groups is 2. The highest BCUT2D eigenvalue weighted by Crippen LogP contribution is 2.19. The van der Waals surface area contributed by atoms with Crippen LogP contribution in [-0.2, 0) is 9.53 Å². The van der Waals surface area contributed by atoms with Gasteiger partial charge in [0.05, 0.1) is 0 Å². The number of rotatable bonds is 2. The van der Waals surface area contributed by atoms with Crippen molar-refractivity contribution < 1.29 is 14.3 Å². The topological polar surface area (TPSA) is 70.7 Å². The number of nitrogens with zero attached hydrogens (tertiary/aromatic N) is 1. The van der Waals surface area contributed by atoms with Gasteiger partial charge in [-0.25, -0.2) is 4.79 Å². The predicted molar refractivity (Wildman–Crippen MR) is 77.5 cm³/mol. The number of amides is 2. The number of ether oxygens (including phenoxy) is 1. The fourth-order valence-corrected chi connectivity index (χ4v) is 1.77. The molecule has 2 rings (SSSR count). The SMILES string of the molecule is CC(C)(C)OC=O.CC1CNCCN1C(=O)NC1CC1. The Labute approximate surface area is 121 Å². The van der Waals surface area contributed by atoms with Gasteiger partial charge in [0, 0.05) is 31.7 Å². The third-order valence-electron chi connectivity index (χ3n) is 3.07. The molecule has 0 aromatic rings. The van der Waals surface area contributed by atoms with E-state index in [1.165, 1.54) is 0 Å². The normalized spacial score (nSPS) is 22.4. The van der Waals surface area contributed by atoms with Gasteiger partial charge in [-0.15, -0.1) is 0 Å². The molecule has 1 saturated heterocycles. The summed E-state index contributed by atoms with van der Waals surface area (Å²) in [5, 5.41) is 6.28. The standard InChI is InChI=1S/C9H17N3O.C5H10O2/c1-7-6-10-4-5-12(7)9(13)11-8-2-3-8;1-5(2,3)7-4-6/h7-8,10H,2-6H2,1H3,(H,11,13);4H,1-3H3. The Morgan fingerprint density at radius 1 is 1.40 bits per heavy atom. The van der Waals surface area contributed by atoms with Gasteiger partial charge in [0.1, 0.15) is 5.60 Å². The first kappa shape index (κ1) is 16.8. The minimum atomic E-state index is -0.318. The molecule has 116 valence electrons. The second-order valence-electron chi connectivity index (χ2n) is 6.30. The van der Waals surface area contributed by atoms with Crippen molar-refractivity contribution in [3.63, 3.8) is 0 Å². The highest BCUT2D eigenvalue weighted by atomic mass is 16.5. The van der Waals surface area contributed by atoms with E-state index in [4.69, 9.17) is 0 Å². The highest BCUT2D eigenvalue weighted by molar-refractivity contribution is 5.75. The molecule has 1 heterocycles. The Kier molecular flexibility index (Phi) is 6.26. The molecule has 1 aliphatic heterocycles. The van der Waals surface area contributed by atoms with Crippen LogP contribution in [0.5, 0.6) is 0 Å². The molecule has 0 bridgehead atoms. The van der Waals surface area contributed by atoms with E-state index in [1.54, 1.807) is 0 Å². The maximum Gasteiger partial charge on any atom is 0.317 e. The number of hydrogen-bond donors (Lipinski definition) is 2. The Morgan fingerprint density at radius 3 is 2.45 bits per heavy atom. The molecular formula is C14H27N3O3. The molecule has 0 aromatic carbocycles. The van der Waals surface area contributed by atoms with Crippen LogP contribution in [0.15, 0.2) is 0 Å². The average Bonchev–Trinajstić information content (AvgIpc) is 3.12. The summed E-state index contributed by atoms with van der Waals surface area (Å²) in [4.78, 5) is 23.2. The van der Waals surface area contributed by atoms with Crippen LogP contribution in [0.1, 0.15) is 40.5 Å². The molecule has 2 N–H and O–H groups in total. The summed E-state index contributed by atoms with van der Waals surface area (Å²) < 4.78 is 4.55. The molecule has 2 fully saturated rings. The molecule has 6 nitrogen and oxygen atoms in total. The number of piperazine rings is 1. The quantitative estimate of drug-likeness (QED) is 0.746. The second kappa shape index (κ2) is 7.47. The van der Waals surface area contributed by atoms with Crippen LogP contribution < -0.4 is 10.6 Å². The van der Waals surface area contributed by atoms with E-state index in [9.17, 15) is 9.59 Å². The first-order chi connectivity index (χ1) is 9.33. The van der Waals surface area contributed by atoms with E-state index in [1.807, 2.05) is 25.7 Å². The molecule has 20 heavy (non-hydrogen) atoms. The van der Waals surface area contributed by atoms with E-state index in [2.05, 4.69) is 22.3 Å². The molecule has 0 aromatic heterocycles. The summed E-state index contributed by atoms with van der Waals surface area (Å²) in [7, 11) is 0. The summed E-state index contributed by atoms with van der Waals surface area (Å²) in [5.41, 5.74) is -0.318. The predicted octanol–water partition coefficient (Wildman–Crippen LogP) is 1.11. The Hall–Kier alpha value is -1.30. The summed E-state index contributed by atoms with van der Waals surface area (Å²) in [5.74, 6) is 0. The van der Waals surface area contributed by atoms with Crippen molar-refractivity contribution in [2.24, 2.45) is 0 Å². The fourth-order valence-electron chi connectivity index (χ4n) is 1.77. The summed E-state index contributed by atoms with van der Waals surface area (Å²) in [6.45, 7) is 10.7. The maximum absolute atomic E-state index is 11.6. The van der Waals surface area contributed by atoms with Gasteiger partial charge in [0.25, 0.3) is 6.47 Å². The van der Waals surface area contributed by atoms with Crippen LogP contribution in [-0.4, -0.2) is 54.7 Å². The Balaban J connectivity index is 0.000000246. The molecule has 0 spiro atoms. The zero-order valence-electron chi connectivity index (χ0n) is 12.9. The maximum atomic E-state index is 11.6. The zero-order chi connectivity index (χ0) is 15.2. The zero-order valence-corrected chi connectivity index (χ0v) is 12.9. The van der Waals surface area contributed by atoms with Crippen molar-refractivity contribution in [3.05, 3.63) is 0 Å². The fraction of sp³-hybridized carbons (Fsp3) is 0.857. The van der Waals surface area contributed by atoms with E-state index in [0.717, 1.165) is 32.5 Å². The largest absolute Gasteiger partial charge is 0.462 e. The molecular weight excluding hydrogens is 258 g/mol. The van der Waals surface area contributed by atoms with Gasteiger partial charge in [0.15, 0.2) is 0 Å². The third-order valence-corrected chi connectivity index (χ3v) is 3.07. The van der Waals surface area contributed by atoms with Crippen molar-refractivity contribution >= 4 is 12.5 Å². The van der Waals surface area contributed by atoms with Crippen molar-refractivity contribution in [1.29, 1.82) is 0 Å². The van der Waals surface area contributed by atoms with Gasteiger partial charge in [0.2, 0.25) is 0 Å². The first-order valence-electron chi connectivity index (χ1n) is 7.23. The highest BCUT2D eigenvalue weighted by Gasteiger charge is 2.28. The van der Waals surface area contributed by atoms with Crippen LogP contribution in [0.4, 0.5) is 4.79 Å². The first-order valence-corrected chi connectivity index (χ1v) is 7.23.